The van der Waals surface area contributed by atoms with Gasteiger partial charge in [0.15, 0.2) is 0 Å². The van der Waals surface area contributed by atoms with Crippen molar-refractivity contribution in [2.45, 2.75) is 12.1 Å². The molecule has 0 heterocycles. The lowest BCUT2D eigenvalue weighted by Gasteiger charge is -2.14. The molecule has 0 fully saturated rings. The zero-order valence-electron chi connectivity index (χ0n) is 4.42. The van der Waals surface area contributed by atoms with Crippen molar-refractivity contribution in [3.05, 3.63) is 11.1 Å². The molecule has 0 aromatic heterocycles. The summed E-state index contributed by atoms with van der Waals surface area (Å²) in [5.74, 6) is -4.74. The molecule has 60 valence electrons. The first-order chi connectivity index (χ1) is 4.31. The van der Waals surface area contributed by atoms with Gasteiger partial charge in [-0.1, -0.05) is 15.9 Å². The molecule has 0 aromatic rings. The molecule has 0 nitrogen and oxygen atoms in total. The summed E-state index contributed by atoms with van der Waals surface area (Å²) >= 11 is 2.32. The Kier molecular flexibility index (Phi) is 2.82. The molecule has 0 radical (unpaired) electrons. The number of hydrogen-bond donors (Lipinski definition) is 0. The van der Waals surface area contributed by atoms with Crippen LogP contribution >= 0.6 is 15.9 Å². The quantitative estimate of drug-likeness (QED) is 0.601. The molecular weight excluding hydrogens is 223 g/mol. The Labute approximate surface area is 61.8 Å². The van der Waals surface area contributed by atoms with Crippen LogP contribution in [0.1, 0.15) is 0 Å². The minimum absolute atomic E-state index is 0.271. The molecule has 0 saturated heterocycles. The largest absolute Gasteiger partial charge is 0.457 e. The average molecular weight is 225 g/mol. The van der Waals surface area contributed by atoms with E-state index in [0.29, 0.717) is 4.99 Å². The van der Waals surface area contributed by atoms with Gasteiger partial charge >= 0.3 is 12.1 Å². The van der Waals surface area contributed by atoms with Crippen molar-refractivity contribution in [2.75, 3.05) is 0 Å². The van der Waals surface area contributed by atoms with Crippen LogP contribution in [0.25, 0.3) is 0 Å². The van der Waals surface area contributed by atoms with Crippen molar-refractivity contribution in [1.82, 2.24) is 0 Å². The molecule has 0 saturated carbocycles. The number of allylic oxidation sites excluding steroid dienone is 1. The van der Waals surface area contributed by atoms with Crippen molar-refractivity contribution >= 4 is 15.9 Å². The Morgan fingerprint density at radius 1 is 1.00 bits per heavy atom. The molecule has 0 unspecified atom stereocenters. The maximum Gasteiger partial charge on any atom is 0.457 e. The third-order valence-electron chi connectivity index (χ3n) is 0.650. The molecule has 10 heavy (non-hydrogen) atoms. The summed E-state index contributed by atoms with van der Waals surface area (Å²) in [5.41, 5.74) is 0. The van der Waals surface area contributed by atoms with Crippen LogP contribution in [0.15, 0.2) is 11.1 Å². The number of hydrogen-bond acceptors (Lipinski definition) is 0. The molecular formula is C4H2BrF5. The summed E-state index contributed by atoms with van der Waals surface area (Å²) in [7, 11) is 0. The lowest BCUT2D eigenvalue weighted by molar-refractivity contribution is -0.259. The highest BCUT2D eigenvalue weighted by molar-refractivity contribution is 9.11. The van der Waals surface area contributed by atoms with Gasteiger partial charge in [0, 0.05) is 6.08 Å². The van der Waals surface area contributed by atoms with Crippen molar-refractivity contribution in [2.24, 2.45) is 0 Å². The monoisotopic (exact) mass is 224 g/mol. The van der Waals surface area contributed by atoms with Crippen molar-refractivity contribution < 1.29 is 22.0 Å². The van der Waals surface area contributed by atoms with Crippen LogP contribution in [0.5, 0.6) is 0 Å². The standard InChI is InChI=1S/C4H2BrF5/c5-2-1-3(6,7)4(8,9)10/h1-2H. The first-order valence-electron chi connectivity index (χ1n) is 2.04. The van der Waals surface area contributed by atoms with Crippen molar-refractivity contribution in [1.29, 1.82) is 0 Å². The Bertz CT molecular complexity index is 135. The number of halogens is 6. The Morgan fingerprint density at radius 2 is 1.40 bits per heavy atom. The molecule has 0 aliphatic heterocycles. The average Bonchev–Trinajstić information content (AvgIpc) is 1.61. The fourth-order valence-corrected chi connectivity index (χ4v) is 0.506. The van der Waals surface area contributed by atoms with Crippen LogP contribution in [-0.2, 0) is 0 Å². The van der Waals surface area contributed by atoms with E-state index in [1.165, 1.54) is 0 Å². The molecule has 0 N–H and O–H groups in total. The van der Waals surface area contributed by atoms with Crippen LogP contribution in [0.2, 0.25) is 0 Å². The van der Waals surface area contributed by atoms with Gasteiger partial charge in [-0.25, -0.2) is 0 Å². The lowest BCUT2D eigenvalue weighted by atomic mass is 10.3. The second-order valence-electron chi connectivity index (χ2n) is 1.41. The van der Waals surface area contributed by atoms with Gasteiger partial charge in [0.25, 0.3) is 0 Å². The molecule has 6 heteroatoms. The fraction of sp³-hybridized carbons (Fsp3) is 0.500. The van der Waals surface area contributed by atoms with Crippen LogP contribution < -0.4 is 0 Å². The summed E-state index contributed by atoms with van der Waals surface area (Å²) in [4.78, 5) is 0.473. The van der Waals surface area contributed by atoms with E-state index in [9.17, 15) is 22.0 Å². The molecule has 0 amide bonds. The van der Waals surface area contributed by atoms with Gasteiger partial charge in [-0.15, -0.1) is 0 Å². The second kappa shape index (κ2) is 2.86. The molecule has 0 spiro atoms. The fourth-order valence-electron chi connectivity index (χ4n) is 0.174. The van der Waals surface area contributed by atoms with Crippen LogP contribution in [0.3, 0.4) is 0 Å². The van der Waals surface area contributed by atoms with E-state index in [1.807, 2.05) is 0 Å². The summed E-state index contributed by atoms with van der Waals surface area (Å²) in [6.45, 7) is 0. The van der Waals surface area contributed by atoms with Crippen molar-refractivity contribution in [3.63, 3.8) is 0 Å². The summed E-state index contributed by atoms with van der Waals surface area (Å²) in [6, 6.07) is 0. The smallest absolute Gasteiger partial charge is 0.191 e. The maximum absolute atomic E-state index is 11.7. The minimum Gasteiger partial charge on any atom is -0.191 e. The normalized spacial score (nSPS) is 14.6. The highest BCUT2D eigenvalue weighted by Crippen LogP contribution is 2.36. The summed E-state index contributed by atoms with van der Waals surface area (Å²) < 4.78 is 57.0. The van der Waals surface area contributed by atoms with Gasteiger partial charge in [-0.05, 0) is 4.99 Å². The van der Waals surface area contributed by atoms with Crippen LogP contribution in [-0.4, -0.2) is 12.1 Å². The molecule has 0 bridgehead atoms. The van der Waals surface area contributed by atoms with E-state index >= 15 is 0 Å². The van der Waals surface area contributed by atoms with Crippen molar-refractivity contribution in [3.8, 4) is 0 Å². The predicted octanol–water partition coefficient (Wildman–Crippen LogP) is 3.09. The third kappa shape index (κ3) is 2.24. The topological polar surface area (TPSA) is 0 Å². The van der Waals surface area contributed by atoms with E-state index < -0.39 is 12.1 Å². The first-order valence-corrected chi connectivity index (χ1v) is 2.95. The first kappa shape index (κ1) is 9.87. The molecule has 0 rings (SSSR count). The number of alkyl halides is 5. The second-order valence-corrected chi connectivity index (χ2v) is 1.94. The summed E-state index contributed by atoms with van der Waals surface area (Å²) in [5, 5.41) is 0. The van der Waals surface area contributed by atoms with Gasteiger partial charge in [-0.2, -0.15) is 22.0 Å². The highest BCUT2D eigenvalue weighted by Gasteiger charge is 2.55. The SMILES string of the molecule is FC(F)(F)C(F)(F)C=CBr. The number of rotatable bonds is 1. The summed E-state index contributed by atoms with van der Waals surface area (Å²) in [6.07, 6.45) is -5.77. The third-order valence-corrected chi connectivity index (χ3v) is 0.915. The van der Waals surface area contributed by atoms with E-state index in [2.05, 4.69) is 15.9 Å². The molecule has 0 aliphatic rings. The lowest BCUT2D eigenvalue weighted by Crippen LogP contribution is -2.33. The zero-order valence-corrected chi connectivity index (χ0v) is 6.01. The molecule has 0 aromatic carbocycles. The van der Waals surface area contributed by atoms with E-state index in [-0.39, 0.29) is 6.08 Å². The maximum atomic E-state index is 11.7. The zero-order chi connectivity index (χ0) is 8.41. The van der Waals surface area contributed by atoms with E-state index in [4.69, 9.17) is 0 Å². The van der Waals surface area contributed by atoms with Gasteiger partial charge in [0.1, 0.15) is 0 Å². The molecule has 0 aliphatic carbocycles. The van der Waals surface area contributed by atoms with E-state index in [0.717, 1.165) is 0 Å². The molecule has 0 atom stereocenters. The van der Waals surface area contributed by atoms with Gasteiger partial charge in [0.05, 0.1) is 0 Å². The van der Waals surface area contributed by atoms with Gasteiger partial charge in [0.2, 0.25) is 0 Å². The van der Waals surface area contributed by atoms with Crippen LogP contribution in [0.4, 0.5) is 22.0 Å². The Hall–Kier alpha value is -0.130. The Balaban J connectivity index is 4.40. The Morgan fingerprint density at radius 3 is 1.50 bits per heavy atom. The van der Waals surface area contributed by atoms with E-state index in [1.54, 1.807) is 0 Å². The highest BCUT2D eigenvalue weighted by atomic mass is 79.9. The minimum atomic E-state index is -5.50. The predicted molar refractivity (Wildman–Crippen MR) is 29.1 cm³/mol. The van der Waals surface area contributed by atoms with Gasteiger partial charge < -0.3 is 0 Å². The van der Waals surface area contributed by atoms with Gasteiger partial charge in [-0.3, -0.25) is 0 Å². The van der Waals surface area contributed by atoms with Crippen LogP contribution in [0, 0.1) is 0 Å².